The number of benzene rings is 1. The smallest absolute Gasteiger partial charge is 0.320 e. The van der Waals surface area contributed by atoms with Crippen molar-refractivity contribution in [2.45, 2.75) is 38.0 Å². The van der Waals surface area contributed by atoms with Crippen LogP contribution in [0.15, 0.2) is 35.7 Å². The molecule has 1 aliphatic heterocycles. The number of fused-ring (bicyclic) bond motifs is 1. The lowest BCUT2D eigenvalue weighted by molar-refractivity contribution is -0.142. The zero-order valence-electron chi connectivity index (χ0n) is 14.4. The van der Waals surface area contributed by atoms with Crippen molar-refractivity contribution in [2.24, 2.45) is 0 Å². The third-order valence-electron chi connectivity index (χ3n) is 4.95. The van der Waals surface area contributed by atoms with Gasteiger partial charge in [-0.25, -0.2) is 0 Å². The zero-order valence-corrected chi connectivity index (χ0v) is 15.9. The lowest BCUT2D eigenvalue weighted by Crippen LogP contribution is -2.37. The molecule has 0 spiro atoms. The third-order valence-corrected chi connectivity index (χ3v) is 6.20. The van der Waals surface area contributed by atoms with E-state index in [1.807, 2.05) is 30.1 Å². The molecule has 0 bridgehead atoms. The summed E-state index contributed by atoms with van der Waals surface area (Å²) in [6.45, 7) is 2.96. The van der Waals surface area contributed by atoms with Crippen LogP contribution in [-0.2, 0) is 21.7 Å². The van der Waals surface area contributed by atoms with E-state index in [9.17, 15) is 4.79 Å². The third kappa shape index (κ3) is 3.60. The van der Waals surface area contributed by atoms with Crippen molar-refractivity contribution in [3.8, 4) is 0 Å². The Hall–Kier alpha value is -1.40. The van der Waals surface area contributed by atoms with Gasteiger partial charge < -0.3 is 9.84 Å². The summed E-state index contributed by atoms with van der Waals surface area (Å²) in [6, 6.07) is 9.61. The van der Waals surface area contributed by atoms with Crippen LogP contribution < -0.4 is 0 Å². The van der Waals surface area contributed by atoms with Crippen LogP contribution in [0.2, 0.25) is 5.02 Å². The second-order valence-corrected chi connectivity index (χ2v) is 7.88. The molecule has 1 aliphatic rings. The number of carboxylic acids is 1. The van der Waals surface area contributed by atoms with Crippen molar-refractivity contribution in [3.05, 3.63) is 56.7 Å². The van der Waals surface area contributed by atoms with Crippen LogP contribution in [0.4, 0.5) is 0 Å². The Morgan fingerprint density at radius 2 is 2.28 bits per heavy atom. The first kappa shape index (κ1) is 18.4. The lowest BCUT2D eigenvalue weighted by Gasteiger charge is -2.30. The van der Waals surface area contributed by atoms with Gasteiger partial charge in [-0.3, -0.25) is 9.69 Å². The number of aliphatic carboxylic acids is 1. The van der Waals surface area contributed by atoms with Crippen LogP contribution in [-0.4, -0.2) is 35.6 Å². The van der Waals surface area contributed by atoms with Crippen LogP contribution in [0.25, 0.3) is 0 Å². The second kappa shape index (κ2) is 7.46. The Morgan fingerprint density at radius 3 is 2.96 bits per heavy atom. The van der Waals surface area contributed by atoms with E-state index in [4.69, 9.17) is 21.4 Å². The molecule has 0 saturated carbocycles. The molecule has 134 valence electrons. The predicted octanol–water partition coefficient (Wildman–Crippen LogP) is 4.36. The van der Waals surface area contributed by atoms with Gasteiger partial charge in [0.2, 0.25) is 0 Å². The minimum Gasteiger partial charge on any atom is -0.480 e. The quantitative estimate of drug-likeness (QED) is 0.776. The van der Waals surface area contributed by atoms with Crippen LogP contribution in [0, 0.1) is 0 Å². The molecular weight excluding hydrogens is 358 g/mol. The van der Waals surface area contributed by atoms with Crippen LogP contribution in [0.1, 0.15) is 35.8 Å². The molecule has 3 rings (SSSR count). The van der Waals surface area contributed by atoms with Crippen molar-refractivity contribution in [1.82, 2.24) is 4.90 Å². The van der Waals surface area contributed by atoms with Gasteiger partial charge in [0.1, 0.15) is 11.6 Å². The van der Waals surface area contributed by atoms with Gasteiger partial charge in [-0.05, 0) is 68.1 Å². The molecular formula is C19H22ClNO3S. The number of likely N-dealkylation sites (N-methyl/N-ethyl adjacent to an activating group) is 1. The highest BCUT2D eigenvalue weighted by Gasteiger charge is 2.42. The first-order valence-electron chi connectivity index (χ1n) is 8.34. The summed E-state index contributed by atoms with van der Waals surface area (Å²) in [5.74, 6) is -0.799. The molecule has 0 aliphatic carbocycles. The summed E-state index contributed by atoms with van der Waals surface area (Å²) in [5.41, 5.74) is 1.85. The van der Waals surface area contributed by atoms with Gasteiger partial charge in [-0.2, -0.15) is 0 Å². The molecule has 6 heteroatoms. The molecule has 1 aromatic carbocycles. The maximum Gasteiger partial charge on any atom is 0.320 e. The van der Waals surface area contributed by atoms with Gasteiger partial charge in [0.15, 0.2) is 0 Å². The maximum atomic E-state index is 11.1. The molecule has 2 aromatic rings. The summed E-state index contributed by atoms with van der Waals surface area (Å²) in [6.07, 6.45) is 1.65. The lowest BCUT2D eigenvalue weighted by atomic mass is 9.86. The summed E-state index contributed by atoms with van der Waals surface area (Å²) >= 11 is 7.83. The number of thiophene rings is 1. The van der Waals surface area contributed by atoms with E-state index in [2.05, 4.69) is 17.5 Å². The zero-order chi connectivity index (χ0) is 18.0. The highest BCUT2D eigenvalue weighted by Crippen LogP contribution is 2.47. The second-order valence-electron chi connectivity index (χ2n) is 6.49. The normalized spacial score (nSPS) is 20.6. The van der Waals surface area contributed by atoms with E-state index in [0.717, 1.165) is 23.4 Å². The molecule has 1 aromatic heterocycles. The van der Waals surface area contributed by atoms with Crippen LogP contribution >= 0.6 is 22.9 Å². The SMILES string of the molecule is CC(C(=O)O)N(C)CCCC1(c2cccs2)OCc2cc(Cl)ccc21. The van der Waals surface area contributed by atoms with E-state index in [-0.39, 0.29) is 0 Å². The fourth-order valence-electron chi connectivity index (χ4n) is 3.36. The van der Waals surface area contributed by atoms with Gasteiger partial charge >= 0.3 is 5.97 Å². The summed E-state index contributed by atoms with van der Waals surface area (Å²) in [4.78, 5) is 14.2. The number of rotatable bonds is 7. The number of carboxylic acid groups (broad SMARTS) is 1. The van der Waals surface area contributed by atoms with Crippen molar-refractivity contribution in [3.63, 3.8) is 0 Å². The molecule has 2 atom stereocenters. The fourth-order valence-corrected chi connectivity index (χ4v) is 4.47. The Bertz CT molecular complexity index is 749. The number of halogens is 1. The number of hydrogen-bond donors (Lipinski definition) is 1. The number of hydrogen-bond acceptors (Lipinski definition) is 4. The monoisotopic (exact) mass is 379 g/mol. The number of ether oxygens (including phenoxy) is 1. The van der Waals surface area contributed by atoms with Gasteiger partial charge in [0.05, 0.1) is 6.61 Å². The Labute approximate surface area is 157 Å². The first-order chi connectivity index (χ1) is 11.9. The predicted molar refractivity (Wildman–Crippen MR) is 100 cm³/mol. The molecule has 4 nitrogen and oxygen atoms in total. The molecule has 2 unspecified atom stereocenters. The fraction of sp³-hybridized carbons (Fsp3) is 0.421. The molecule has 25 heavy (non-hydrogen) atoms. The largest absolute Gasteiger partial charge is 0.480 e. The van der Waals surface area contributed by atoms with Gasteiger partial charge in [-0.15, -0.1) is 11.3 Å². The summed E-state index contributed by atoms with van der Waals surface area (Å²) in [5, 5.41) is 11.9. The minimum absolute atomic E-state index is 0.457. The van der Waals surface area contributed by atoms with Crippen LogP contribution in [0.3, 0.4) is 0 Å². The van der Waals surface area contributed by atoms with E-state index in [0.29, 0.717) is 13.2 Å². The van der Waals surface area contributed by atoms with E-state index >= 15 is 0 Å². The number of nitrogens with zero attached hydrogens (tertiary/aromatic N) is 1. The highest BCUT2D eigenvalue weighted by atomic mass is 35.5. The van der Waals surface area contributed by atoms with Crippen molar-refractivity contribution in [1.29, 1.82) is 0 Å². The van der Waals surface area contributed by atoms with Crippen molar-refractivity contribution < 1.29 is 14.6 Å². The van der Waals surface area contributed by atoms with Crippen LogP contribution in [0.5, 0.6) is 0 Å². The Morgan fingerprint density at radius 1 is 1.48 bits per heavy atom. The number of carbonyl (C=O) groups is 1. The maximum absolute atomic E-state index is 11.1. The van der Waals surface area contributed by atoms with Crippen molar-refractivity contribution >= 4 is 28.9 Å². The summed E-state index contributed by atoms with van der Waals surface area (Å²) < 4.78 is 6.32. The topological polar surface area (TPSA) is 49.8 Å². The molecule has 0 fully saturated rings. The standard InChI is InChI=1S/C19H22ClNO3S/c1-13(18(22)23)21(2)9-4-8-19(17-5-3-10-25-17)16-7-6-15(20)11-14(16)12-24-19/h3,5-7,10-11,13H,4,8-9,12H2,1-2H3,(H,22,23). The molecule has 2 heterocycles. The average molecular weight is 380 g/mol. The first-order valence-corrected chi connectivity index (χ1v) is 9.60. The van der Waals surface area contributed by atoms with Crippen molar-refractivity contribution in [2.75, 3.05) is 13.6 Å². The molecule has 1 N–H and O–H groups in total. The van der Waals surface area contributed by atoms with E-state index in [1.54, 1.807) is 18.3 Å². The molecule has 0 amide bonds. The highest BCUT2D eigenvalue weighted by molar-refractivity contribution is 7.10. The Kier molecular flexibility index (Phi) is 5.49. The van der Waals surface area contributed by atoms with Gasteiger partial charge in [-0.1, -0.05) is 23.7 Å². The van der Waals surface area contributed by atoms with E-state index in [1.165, 1.54) is 10.4 Å². The molecule has 0 radical (unpaired) electrons. The summed E-state index contributed by atoms with van der Waals surface area (Å²) in [7, 11) is 1.85. The van der Waals surface area contributed by atoms with E-state index < -0.39 is 17.6 Å². The average Bonchev–Trinajstić information content (AvgIpc) is 3.22. The minimum atomic E-state index is -0.799. The van der Waals surface area contributed by atoms with Gasteiger partial charge in [0, 0.05) is 9.90 Å². The molecule has 0 saturated heterocycles. The Balaban J connectivity index is 1.81. The van der Waals surface area contributed by atoms with Gasteiger partial charge in [0.25, 0.3) is 0 Å².